The molecular formula is C22H35N3O3. The molecule has 1 aromatic rings. The summed E-state index contributed by atoms with van der Waals surface area (Å²) in [6, 6.07) is 8.04. The number of carbonyl (C=O) groups is 2. The van der Waals surface area contributed by atoms with Gasteiger partial charge in [-0.2, -0.15) is 0 Å². The lowest BCUT2D eigenvalue weighted by molar-refractivity contribution is -0.139. The molecule has 1 saturated heterocycles. The van der Waals surface area contributed by atoms with Crippen molar-refractivity contribution in [2.45, 2.75) is 65.5 Å². The molecule has 0 bridgehead atoms. The van der Waals surface area contributed by atoms with Crippen LogP contribution in [0.3, 0.4) is 0 Å². The van der Waals surface area contributed by atoms with Gasteiger partial charge < -0.3 is 19.9 Å². The molecule has 0 radical (unpaired) electrons. The van der Waals surface area contributed by atoms with E-state index in [2.05, 4.69) is 19.2 Å². The second-order valence-electron chi connectivity index (χ2n) is 7.71. The molecule has 0 aromatic heterocycles. The second-order valence-corrected chi connectivity index (χ2v) is 7.71. The van der Waals surface area contributed by atoms with Crippen LogP contribution in [0, 0.1) is 0 Å². The van der Waals surface area contributed by atoms with E-state index in [1.807, 2.05) is 43.0 Å². The van der Waals surface area contributed by atoms with Crippen molar-refractivity contribution in [3.05, 3.63) is 29.8 Å². The van der Waals surface area contributed by atoms with Crippen LogP contribution in [0.5, 0.6) is 5.75 Å². The van der Waals surface area contributed by atoms with E-state index in [1.54, 1.807) is 11.8 Å². The average molecular weight is 390 g/mol. The molecule has 1 heterocycles. The van der Waals surface area contributed by atoms with Crippen LogP contribution >= 0.6 is 0 Å². The Bertz CT molecular complexity index is 633. The van der Waals surface area contributed by atoms with Gasteiger partial charge in [-0.1, -0.05) is 26.0 Å². The summed E-state index contributed by atoms with van der Waals surface area (Å²) in [5.41, 5.74) is 1.25. The van der Waals surface area contributed by atoms with Gasteiger partial charge in [-0.15, -0.1) is 0 Å². The largest absolute Gasteiger partial charge is 0.481 e. The highest BCUT2D eigenvalue weighted by Gasteiger charge is 2.28. The first kappa shape index (κ1) is 22.1. The first-order valence-electron chi connectivity index (χ1n) is 10.5. The normalized spacial score (nSPS) is 16.0. The fraction of sp³-hybridized carbons (Fsp3) is 0.636. The number of rotatable bonds is 7. The summed E-state index contributed by atoms with van der Waals surface area (Å²) in [7, 11) is 0. The number of hydrogen-bond acceptors (Lipinski definition) is 3. The van der Waals surface area contributed by atoms with Crippen LogP contribution in [0.25, 0.3) is 0 Å². The van der Waals surface area contributed by atoms with Crippen LogP contribution in [-0.2, 0) is 4.79 Å². The van der Waals surface area contributed by atoms with Gasteiger partial charge >= 0.3 is 6.03 Å². The maximum Gasteiger partial charge on any atom is 0.317 e. The van der Waals surface area contributed by atoms with Crippen LogP contribution in [-0.4, -0.2) is 60.1 Å². The third-order valence-corrected chi connectivity index (χ3v) is 5.39. The predicted octanol–water partition coefficient (Wildman–Crippen LogP) is 3.62. The van der Waals surface area contributed by atoms with Gasteiger partial charge in [0.05, 0.1) is 0 Å². The SMILES string of the molecule is CCN(CC)C(=O)NC1CCN(C(=O)C(C)Oc2ccc(C(C)C)cc2)CC1. The van der Waals surface area contributed by atoms with Crippen molar-refractivity contribution in [1.82, 2.24) is 15.1 Å². The minimum Gasteiger partial charge on any atom is -0.481 e. The highest BCUT2D eigenvalue weighted by Crippen LogP contribution is 2.20. The zero-order chi connectivity index (χ0) is 20.7. The summed E-state index contributed by atoms with van der Waals surface area (Å²) in [6.45, 7) is 12.7. The predicted molar refractivity (Wildman–Crippen MR) is 112 cm³/mol. The van der Waals surface area contributed by atoms with Crippen LogP contribution < -0.4 is 10.1 Å². The second kappa shape index (κ2) is 10.3. The number of benzene rings is 1. The number of hydrogen-bond donors (Lipinski definition) is 1. The molecule has 1 atom stereocenters. The van der Waals surface area contributed by atoms with Crippen LogP contribution in [0.2, 0.25) is 0 Å². The Morgan fingerprint density at radius 2 is 1.68 bits per heavy atom. The van der Waals surface area contributed by atoms with Crippen molar-refractivity contribution >= 4 is 11.9 Å². The minimum atomic E-state index is -0.522. The van der Waals surface area contributed by atoms with Gasteiger partial charge in [0, 0.05) is 32.2 Å². The molecule has 28 heavy (non-hydrogen) atoms. The van der Waals surface area contributed by atoms with Gasteiger partial charge in [0.15, 0.2) is 6.10 Å². The summed E-state index contributed by atoms with van der Waals surface area (Å²) in [5, 5.41) is 3.08. The molecule has 3 amide bonds. The average Bonchev–Trinajstić information content (AvgIpc) is 2.69. The minimum absolute atomic E-state index is 0.00135. The van der Waals surface area contributed by atoms with Crippen LogP contribution in [0.1, 0.15) is 58.9 Å². The van der Waals surface area contributed by atoms with E-state index < -0.39 is 6.10 Å². The first-order valence-corrected chi connectivity index (χ1v) is 10.5. The first-order chi connectivity index (χ1) is 13.3. The summed E-state index contributed by atoms with van der Waals surface area (Å²) < 4.78 is 5.85. The number of likely N-dealkylation sites (tertiary alicyclic amines) is 1. The highest BCUT2D eigenvalue weighted by molar-refractivity contribution is 5.81. The summed E-state index contributed by atoms with van der Waals surface area (Å²) in [4.78, 5) is 28.5. The van der Waals surface area contributed by atoms with E-state index in [9.17, 15) is 9.59 Å². The van der Waals surface area contributed by atoms with E-state index >= 15 is 0 Å². The third-order valence-electron chi connectivity index (χ3n) is 5.39. The summed E-state index contributed by atoms with van der Waals surface area (Å²) >= 11 is 0. The number of amides is 3. The number of ether oxygens (including phenoxy) is 1. The van der Waals surface area contributed by atoms with E-state index in [1.165, 1.54) is 5.56 Å². The van der Waals surface area contributed by atoms with Crippen molar-refractivity contribution < 1.29 is 14.3 Å². The molecule has 1 aromatic carbocycles. The topological polar surface area (TPSA) is 61.9 Å². The molecule has 156 valence electrons. The van der Waals surface area contributed by atoms with Crippen LogP contribution in [0.4, 0.5) is 4.79 Å². The van der Waals surface area contributed by atoms with Gasteiger partial charge in [0.1, 0.15) is 5.75 Å². The van der Waals surface area contributed by atoms with Gasteiger partial charge in [-0.3, -0.25) is 4.79 Å². The van der Waals surface area contributed by atoms with Gasteiger partial charge in [-0.05, 0) is 57.2 Å². The monoisotopic (exact) mass is 389 g/mol. The Labute approximate surface area is 169 Å². The molecule has 0 aliphatic carbocycles. The molecule has 2 rings (SSSR count). The molecule has 0 saturated carbocycles. The van der Waals surface area contributed by atoms with E-state index in [4.69, 9.17) is 4.74 Å². The lowest BCUT2D eigenvalue weighted by Gasteiger charge is -2.34. The Kier molecular flexibility index (Phi) is 8.15. The lowest BCUT2D eigenvalue weighted by Crippen LogP contribution is -2.51. The molecule has 1 aliphatic heterocycles. The zero-order valence-electron chi connectivity index (χ0n) is 17.9. The van der Waals surface area contributed by atoms with Gasteiger partial charge in [-0.25, -0.2) is 4.79 Å². The van der Waals surface area contributed by atoms with Gasteiger partial charge in [0.2, 0.25) is 0 Å². The van der Waals surface area contributed by atoms with Crippen molar-refractivity contribution in [2.75, 3.05) is 26.2 Å². The molecular weight excluding hydrogens is 354 g/mol. The molecule has 6 nitrogen and oxygen atoms in total. The van der Waals surface area contributed by atoms with Crippen molar-refractivity contribution in [3.63, 3.8) is 0 Å². The number of urea groups is 1. The van der Waals surface area contributed by atoms with E-state index in [0.29, 0.717) is 37.8 Å². The highest BCUT2D eigenvalue weighted by atomic mass is 16.5. The van der Waals surface area contributed by atoms with Gasteiger partial charge in [0.25, 0.3) is 5.91 Å². The smallest absolute Gasteiger partial charge is 0.317 e. The zero-order valence-corrected chi connectivity index (χ0v) is 17.9. The van der Waals surface area contributed by atoms with E-state index in [-0.39, 0.29) is 18.0 Å². The Hall–Kier alpha value is -2.24. The van der Waals surface area contributed by atoms with E-state index in [0.717, 1.165) is 12.8 Å². The Morgan fingerprint density at radius 3 is 2.18 bits per heavy atom. The molecule has 1 fully saturated rings. The van der Waals surface area contributed by atoms with Crippen molar-refractivity contribution in [1.29, 1.82) is 0 Å². The molecule has 1 aliphatic rings. The maximum absolute atomic E-state index is 12.7. The number of nitrogens with one attached hydrogen (secondary N) is 1. The molecule has 1 N–H and O–H groups in total. The fourth-order valence-corrected chi connectivity index (χ4v) is 3.46. The maximum atomic E-state index is 12.7. The third kappa shape index (κ3) is 5.88. The molecule has 6 heteroatoms. The summed E-state index contributed by atoms with van der Waals surface area (Å²) in [5.74, 6) is 1.18. The fourth-order valence-electron chi connectivity index (χ4n) is 3.46. The number of nitrogens with zero attached hydrogens (tertiary/aromatic N) is 2. The number of carbonyl (C=O) groups excluding carboxylic acids is 2. The lowest BCUT2D eigenvalue weighted by atomic mass is 10.0. The molecule has 1 unspecified atom stereocenters. The quantitative estimate of drug-likeness (QED) is 0.775. The van der Waals surface area contributed by atoms with Crippen LogP contribution in [0.15, 0.2) is 24.3 Å². The van der Waals surface area contributed by atoms with Crippen molar-refractivity contribution in [3.8, 4) is 5.75 Å². The Morgan fingerprint density at radius 1 is 1.11 bits per heavy atom. The summed E-state index contributed by atoms with van der Waals surface area (Å²) in [6.07, 6.45) is 1.02. The standard InChI is InChI=1S/C22H35N3O3/c1-6-24(7-2)22(27)23-19-12-14-25(15-13-19)21(26)17(5)28-20-10-8-18(9-11-20)16(3)4/h8-11,16-17,19H,6-7,12-15H2,1-5H3,(H,23,27). The number of piperidine rings is 1. The van der Waals surface area contributed by atoms with Crippen molar-refractivity contribution in [2.24, 2.45) is 0 Å². The Balaban J connectivity index is 1.81. The molecule has 0 spiro atoms.